The molecule has 0 aliphatic rings. The van der Waals surface area contributed by atoms with Crippen molar-refractivity contribution in [3.63, 3.8) is 0 Å². The molecule has 1 aromatic heterocycles. The van der Waals surface area contributed by atoms with Gasteiger partial charge >= 0.3 is 0 Å². The second-order valence-corrected chi connectivity index (χ2v) is 5.17. The highest BCUT2D eigenvalue weighted by Crippen LogP contribution is 2.11. The van der Waals surface area contributed by atoms with Gasteiger partial charge in [-0.3, -0.25) is 4.90 Å². The molecule has 108 valence electrons. The molecule has 0 aliphatic heterocycles. The summed E-state index contributed by atoms with van der Waals surface area (Å²) in [6.07, 6.45) is 0. The van der Waals surface area contributed by atoms with Crippen LogP contribution in [0, 0.1) is 0 Å². The van der Waals surface area contributed by atoms with Gasteiger partial charge in [0.25, 0.3) is 0 Å². The highest BCUT2D eigenvalue weighted by molar-refractivity contribution is 5.36. The van der Waals surface area contributed by atoms with E-state index in [1.54, 1.807) is 0 Å². The standard InChI is InChI=1S/C15H27N3O/c1-6-16-14-8-7-9-15(17-14)19-11-10-18(12(2)3)13(4)5/h7-9,12-13H,6,10-11H2,1-5H3,(H,16,17). The summed E-state index contributed by atoms with van der Waals surface area (Å²) in [5.41, 5.74) is 0. The van der Waals surface area contributed by atoms with Crippen molar-refractivity contribution < 1.29 is 4.74 Å². The van der Waals surface area contributed by atoms with E-state index in [0.717, 1.165) is 18.9 Å². The van der Waals surface area contributed by atoms with E-state index in [4.69, 9.17) is 4.74 Å². The molecule has 4 nitrogen and oxygen atoms in total. The highest BCUT2D eigenvalue weighted by atomic mass is 16.5. The van der Waals surface area contributed by atoms with Crippen molar-refractivity contribution in [2.24, 2.45) is 0 Å². The van der Waals surface area contributed by atoms with Crippen molar-refractivity contribution in [1.29, 1.82) is 0 Å². The fourth-order valence-corrected chi connectivity index (χ4v) is 2.14. The van der Waals surface area contributed by atoms with Gasteiger partial charge in [0.1, 0.15) is 12.4 Å². The van der Waals surface area contributed by atoms with Gasteiger partial charge in [0.15, 0.2) is 0 Å². The van der Waals surface area contributed by atoms with E-state index in [1.165, 1.54) is 0 Å². The van der Waals surface area contributed by atoms with Crippen LogP contribution in [0.4, 0.5) is 5.82 Å². The number of pyridine rings is 1. The Morgan fingerprint density at radius 2 is 1.89 bits per heavy atom. The quantitative estimate of drug-likeness (QED) is 0.784. The van der Waals surface area contributed by atoms with Gasteiger partial charge in [-0.05, 0) is 40.7 Å². The molecule has 1 N–H and O–H groups in total. The molecule has 0 atom stereocenters. The van der Waals surface area contributed by atoms with Crippen molar-refractivity contribution >= 4 is 5.82 Å². The molecule has 0 amide bonds. The van der Waals surface area contributed by atoms with Gasteiger partial charge in [0.2, 0.25) is 5.88 Å². The summed E-state index contributed by atoms with van der Waals surface area (Å²) >= 11 is 0. The largest absolute Gasteiger partial charge is 0.476 e. The molecule has 0 aromatic carbocycles. The van der Waals surface area contributed by atoms with Crippen molar-refractivity contribution in [2.75, 3.05) is 25.0 Å². The number of ether oxygens (including phenoxy) is 1. The van der Waals surface area contributed by atoms with Crippen molar-refractivity contribution in [1.82, 2.24) is 9.88 Å². The maximum absolute atomic E-state index is 5.73. The maximum atomic E-state index is 5.73. The minimum Gasteiger partial charge on any atom is -0.476 e. The van der Waals surface area contributed by atoms with Crippen LogP contribution in [0.25, 0.3) is 0 Å². The number of aromatic nitrogens is 1. The van der Waals surface area contributed by atoms with Crippen LogP contribution in [0.5, 0.6) is 5.88 Å². The Balaban J connectivity index is 2.45. The van der Waals surface area contributed by atoms with Gasteiger partial charge in [-0.2, -0.15) is 4.98 Å². The van der Waals surface area contributed by atoms with Crippen LogP contribution < -0.4 is 10.1 Å². The van der Waals surface area contributed by atoms with E-state index in [1.807, 2.05) is 18.2 Å². The molecule has 19 heavy (non-hydrogen) atoms. The Morgan fingerprint density at radius 3 is 2.47 bits per heavy atom. The summed E-state index contributed by atoms with van der Waals surface area (Å²) in [5, 5.41) is 3.18. The average Bonchev–Trinajstić information content (AvgIpc) is 2.34. The van der Waals surface area contributed by atoms with Crippen LogP contribution in [-0.2, 0) is 0 Å². The molecule has 4 heteroatoms. The average molecular weight is 265 g/mol. The van der Waals surface area contributed by atoms with Crippen molar-refractivity contribution in [3.8, 4) is 5.88 Å². The summed E-state index contributed by atoms with van der Waals surface area (Å²) in [6.45, 7) is 13.4. The number of rotatable bonds is 8. The molecule has 0 fully saturated rings. The summed E-state index contributed by atoms with van der Waals surface area (Å²) in [4.78, 5) is 6.81. The van der Waals surface area contributed by atoms with E-state index in [0.29, 0.717) is 24.6 Å². The second kappa shape index (κ2) is 8.00. The van der Waals surface area contributed by atoms with E-state index in [-0.39, 0.29) is 0 Å². The van der Waals surface area contributed by atoms with E-state index < -0.39 is 0 Å². The smallest absolute Gasteiger partial charge is 0.215 e. The lowest BCUT2D eigenvalue weighted by Gasteiger charge is -2.30. The fraction of sp³-hybridized carbons (Fsp3) is 0.667. The predicted molar refractivity (Wildman–Crippen MR) is 80.9 cm³/mol. The highest BCUT2D eigenvalue weighted by Gasteiger charge is 2.12. The van der Waals surface area contributed by atoms with E-state index >= 15 is 0 Å². The van der Waals surface area contributed by atoms with Crippen LogP contribution in [0.15, 0.2) is 18.2 Å². The summed E-state index contributed by atoms with van der Waals surface area (Å²) in [7, 11) is 0. The molecule has 0 aliphatic carbocycles. The van der Waals surface area contributed by atoms with Crippen LogP contribution in [0.2, 0.25) is 0 Å². The normalized spacial score (nSPS) is 11.4. The molecule has 0 unspecified atom stereocenters. The third kappa shape index (κ3) is 5.47. The zero-order valence-corrected chi connectivity index (χ0v) is 12.8. The number of nitrogens with zero attached hydrogens (tertiary/aromatic N) is 2. The van der Waals surface area contributed by atoms with E-state index in [2.05, 4.69) is 49.8 Å². The number of hydrogen-bond acceptors (Lipinski definition) is 4. The molecular formula is C15H27N3O. The number of hydrogen-bond donors (Lipinski definition) is 1. The maximum Gasteiger partial charge on any atom is 0.215 e. The van der Waals surface area contributed by atoms with Gasteiger partial charge in [-0.25, -0.2) is 0 Å². The summed E-state index contributed by atoms with van der Waals surface area (Å²) in [6, 6.07) is 6.87. The third-order valence-electron chi connectivity index (χ3n) is 3.01. The molecule has 0 spiro atoms. The molecule has 0 saturated carbocycles. The van der Waals surface area contributed by atoms with E-state index in [9.17, 15) is 0 Å². The Labute approximate surface area is 117 Å². The first-order chi connectivity index (χ1) is 9.04. The lowest BCUT2D eigenvalue weighted by atomic mass is 10.2. The lowest BCUT2D eigenvalue weighted by molar-refractivity contribution is 0.140. The minimum absolute atomic E-state index is 0.532. The second-order valence-electron chi connectivity index (χ2n) is 5.17. The first kappa shape index (κ1) is 15.8. The molecule has 0 saturated heterocycles. The Kier molecular flexibility index (Phi) is 6.64. The van der Waals surface area contributed by atoms with Gasteiger partial charge in [0.05, 0.1) is 0 Å². The first-order valence-corrected chi connectivity index (χ1v) is 7.14. The lowest BCUT2D eigenvalue weighted by Crippen LogP contribution is -2.39. The van der Waals surface area contributed by atoms with Gasteiger partial charge in [-0.15, -0.1) is 0 Å². The topological polar surface area (TPSA) is 37.4 Å². The predicted octanol–water partition coefficient (Wildman–Crippen LogP) is 3.01. The minimum atomic E-state index is 0.532. The molecule has 0 radical (unpaired) electrons. The zero-order valence-electron chi connectivity index (χ0n) is 12.8. The van der Waals surface area contributed by atoms with Gasteiger partial charge in [0, 0.05) is 31.2 Å². The number of anilines is 1. The van der Waals surface area contributed by atoms with Crippen LogP contribution in [-0.4, -0.2) is 41.7 Å². The molecule has 1 heterocycles. The monoisotopic (exact) mass is 265 g/mol. The van der Waals surface area contributed by atoms with Crippen LogP contribution >= 0.6 is 0 Å². The van der Waals surface area contributed by atoms with Crippen molar-refractivity contribution in [3.05, 3.63) is 18.2 Å². The zero-order chi connectivity index (χ0) is 14.3. The Bertz CT molecular complexity index is 358. The molecule has 1 aromatic rings. The first-order valence-electron chi connectivity index (χ1n) is 7.14. The molecular weight excluding hydrogens is 238 g/mol. The number of nitrogens with one attached hydrogen (secondary N) is 1. The fourth-order valence-electron chi connectivity index (χ4n) is 2.14. The van der Waals surface area contributed by atoms with Gasteiger partial charge < -0.3 is 10.1 Å². The summed E-state index contributed by atoms with van der Waals surface area (Å²) < 4.78 is 5.73. The Morgan fingerprint density at radius 1 is 1.21 bits per heavy atom. The van der Waals surface area contributed by atoms with Crippen LogP contribution in [0.1, 0.15) is 34.6 Å². The molecule has 0 bridgehead atoms. The van der Waals surface area contributed by atoms with Crippen molar-refractivity contribution in [2.45, 2.75) is 46.7 Å². The third-order valence-corrected chi connectivity index (χ3v) is 3.01. The summed E-state index contributed by atoms with van der Waals surface area (Å²) in [5.74, 6) is 1.55. The Hall–Kier alpha value is -1.29. The van der Waals surface area contributed by atoms with Crippen LogP contribution in [0.3, 0.4) is 0 Å². The SMILES string of the molecule is CCNc1cccc(OCCN(C(C)C)C(C)C)n1. The molecule has 1 rings (SSSR count). The van der Waals surface area contributed by atoms with Gasteiger partial charge in [-0.1, -0.05) is 6.07 Å².